The molecular weight excluding hydrogens is 312 g/mol. The fourth-order valence-corrected chi connectivity index (χ4v) is 3.20. The van der Waals surface area contributed by atoms with Crippen LogP contribution in [0.25, 0.3) is 10.8 Å². The van der Waals surface area contributed by atoms with Crippen molar-refractivity contribution < 1.29 is 9.90 Å². The van der Waals surface area contributed by atoms with Crippen LogP contribution in [0, 0.1) is 5.92 Å². The van der Waals surface area contributed by atoms with Gasteiger partial charge in [0.1, 0.15) is 0 Å². The second kappa shape index (κ2) is 7.20. The van der Waals surface area contributed by atoms with Crippen molar-refractivity contribution in [2.24, 2.45) is 5.92 Å². The molecule has 3 N–H and O–H groups in total. The van der Waals surface area contributed by atoms with Crippen LogP contribution in [-0.2, 0) is 0 Å². The summed E-state index contributed by atoms with van der Waals surface area (Å²) in [6.07, 6.45) is 1.39. The quantitative estimate of drug-likeness (QED) is 0.829. The second-order valence-corrected chi connectivity index (χ2v) is 6.16. The van der Waals surface area contributed by atoms with Gasteiger partial charge in [-0.3, -0.25) is 4.79 Å². The summed E-state index contributed by atoms with van der Waals surface area (Å²) < 4.78 is 0. The van der Waals surface area contributed by atoms with Crippen LogP contribution in [0.3, 0.4) is 0 Å². The minimum Gasteiger partial charge on any atom is -0.398 e. The van der Waals surface area contributed by atoms with Gasteiger partial charge in [0.15, 0.2) is 0 Å². The lowest BCUT2D eigenvalue weighted by Gasteiger charge is -2.33. The average molecular weight is 335 g/mol. The Bertz CT molecular complexity index is 694. The highest BCUT2D eigenvalue weighted by molar-refractivity contribution is 6.03. The molecule has 2 aromatic carbocycles. The Morgan fingerprint density at radius 2 is 1.78 bits per heavy atom. The molecule has 5 heteroatoms. The van der Waals surface area contributed by atoms with E-state index in [0.717, 1.165) is 23.6 Å². The molecule has 1 unspecified atom stereocenters. The van der Waals surface area contributed by atoms with Crippen LogP contribution in [0.15, 0.2) is 36.4 Å². The maximum absolute atomic E-state index is 12.7. The van der Waals surface area contributed by atoms with Crippen molar-refractivity contribution in [1.82, 2.24) is 4.90 Å². The molecule has 0 aromatic heterocycles. The summed E-state index contributed by atoms with van der Waals surface area (Å²) in [4.78, 5) is 14.6. The van der Waals surface area contributed by atoms with Crippen LogP contribution >= 0.6 is 12.4 Å². The predicted molar refractivity (Wildman–Crippen MR) is 95.9 cm³/mol. The fraction of sp³-hybridized carbons (Fsp3) is 0.389. The molecule has 1 fully saturated rings. The topological polar surface area (TPSA) is 66.6 Å². The van der Waals surface area contributed by atoms with Crippen LogP contribution in [0.4, 0.5) is 5.69 Å². The average Bonchev–Trinajstić information content (AvgIpc) is 2.53. The maximum Gasteiger partial charge on any atom is 0.255 e. The summed E-state index contributed by atoms with van der Waals surface area (Å²) in [6, 6.07) is 11.7. The smallest absolute Gasteiger partial charge is 0.255 e. The first-order chi connectivity index (χ1) is 10.6. The van der Waals surface area contributed by atoms with Gasteiger partial charge in [0, 0.05) is 18.8 Å². The zero-order valence-corrected chi connectivity index (χ0v) is 14.1. The number of fused-ring (bicyclic) bond motifs is 1. The number of likely N-dealkylation sites (tertiary alicyclic amines) is 1. The Hall–Kier alpha value is -1.78. The van der Waals surface area contributed by atoms with Gasteiger partial charge in [0.2, 0.25) is 0 Å². The van der Waals surface area contributed by atoms with Gasteiger partial charge in [0.25, 0.3) is 5.91 Å². The molecular formula is C18H23ClN2O2. The van der Waals surface area contributed by atoms with Gasteiger partial charge in [-0.1, -0.05) is 24.3 Å². The number of nitrogens with zero attached hydrogens (tertiary/aromatic N) is 1. The van der Waals surface area contributed by atoms with E-state index < -0.39 is 0 Å². The largest absolute Gasteiger partial charge is 0.398 e. The van der Waals surface area contributed by atoms with E-state index in [9.17, 15) is 9.90 Å². The van der Waals surface area contributed by atoms with E-state index in [-0.39, 0.29) is 30.3 Å². The first-order valence-corrected chi connectivity index (χ1v) is 7.82. The van der Waals surface area contributed by atoms with E-state index in [2.05, 4.69) is 0 Å². The monoisotopic (exact) mass is 334 g/mol. The van der Waals surface area contributed by atoms with Crippen molar-refractivity contribution in [1.29, 1.82) is 0 Å². The van der Waals surface area contributed by atoms with Gasteiger partial charge < -0.3 is 15.7 Å². The predicted octanol–water partition coefficient (Wildman–Crippen LogP) is 3.08. The Balaban J connectivity index is 0.00000192. The van der Waals surface area contributed by atoms with Gasteiger partial charge in [-0.05, 0) is 48.6 Å². The first kappa shape index (κ1) is 17.6. The molecule has 1 amide bonds. The van der Waals surface area contributed by atoms with E-state index in [1.807, 2.05) is 48.2 Å². The highest BCUT2D eigenvalue weighted by atomic mass is 35.5. The molecule has 1 saturated heterocycles. The molecule has 1 atom stereocenters. The summed E-state index contributed by atoms with van der Waals surface area (Å²) in [5.41, 5.74) is 7.19. The summed E-state index contributed by atoms with van der Waals surface area (Å²) in [6.45, 7) is 3.19. The zero-order valence-electron chi connectivity index (χ0n) is 13.2. The number of hydrogen-bond acceptors (Lipinski definition) is 3. The van der Waals surface area contributed by atoms with E-state index >= 15 is 0 Å². The van der Waals surface area contributed by atoms with Crippen molar-refractivity contribution in [3.05, 3.63) is 42.0 Å². The number of benzene rings is 2. The van der Waals surface area contributed by atoms with Gasteiger partial charge in [-0.15, -0.1) is 12.4 Å². The van der Waals surface area contributed by atoms with Gasteiger partial charge >= 0.3 is 0 Å². The molecule has 1 aliphatic rings. The Morgan fingerprint density at radius 1 is 1.22 bits per heavy atom. The molecule has 124 valence electrons. The lowest BCUT2D eigenvalue weighted by atomic mass is 9.91. The van der Waals surface area contributed by atoms with Crippen molar-refractivity contribution in [3.63, 3.8) is 0 Å². The summed E-state index contributed by atoms with van der Waals surface area (Å²) >= 11 is 0. The van der Waals surface area contributed by atoms with Crippen molar-refractivity contribution in [3.8, 4) is 0 Å². The molecule has 0 aliphatic carbocycles. The summed E-state index contributed by atoms with van der Waals surface area (Å²) in [7, 11) is 0. The standard InChI is InChI=1S/C18H22N2O2.ClH/c1-12(21)13-6-8-20(9-7-13)18(22)16-10-14-4-2-3-5-15(14)11-17(16)19;/h2-5,10-13,21H,6-9,19H2,1H3;1H. The molecule has 1 heterocycles. The van der Waals surface area contributed by atoms with Crippen molar-refractivity contribution in [2.75, 3.05) is 18.8 Å². The van der Waals surface area contributed by atoms with Gasteiger partial charge in [-0.25, -0.2) is 0 Å². The number of rotatable bonds is 2. The van der Waals surface area contributed by atoms with E-state index in [1.165, 1.54) is 0 Å². The van der Waals surface area contributed by atoms with Crippen LogP contribution in [-0.4, -0.2) is 35.1 Å². The third-order valence-electron chi connectivity index (χ3n) is 4.66. The number of anilines is 1. The third kappa shape index (κ3) is 3.59. The minimum absolute atomic E-state index is 0. The minimum atomic E-state index is -0.303. The SMILES string of the molecule is CC(O)C1CCN(C(=O)c2cc3ccccc3cc2N)CC1.Cl. The number of amides is 1. The number of aliphatic hydroxyl groups excluding tert-OH is 1. The van der Waals surface area contributed by atoms with Gasteiger partial charge in [-0.2, -0.15) is 0 Å². The van der Waals surface area contributed by atoms with Gasteiger partial charge in [0.05, 0.1) is 11.7 Å². The second-order valence-electron chi connectivity index (χ2n) is 6.16. The lowest BCUT2D eigenvalue weighted by molar-refractivity contribution is 0.0522. The molecule has 0 spiro atoms. The van der Waals surface area contributed by atoms with Crippen LogP contribution in [0.1, 0.15) is 30.1 Å². The van der Waals surface area contributed by atoms with Crippen molar-refractivity contribution in [2.45, 2.75) is 25.9 Å². The molecule has 0 radical (unpaired) electrons. The maximum atomic E-state index is 12.7. The molecule has 1 aliphatic heterocycles. The highest BCUT2D eigenvalue weighted by Gasteiger charge is 2.26. The molecule has 4 nitrogen and oxygen atoms in total. The highest BCUT2D eigenvalue weighted by Crippen LogP contribution is 2.26. The van der Waals surface area contributed by atoms with Crippen LogP contribution in [0.5, 0.6) is 0 Å². The number of piperidine rings is 1. The lowest BCUT2D eigenvalue weighted by Crippen LogP contribution is -2.41. The Morgan fingerprint density at radius 3 is 2.35 bits per heavy atom. The number of carbonyl (C=O) groups is 1. The van der Waals surface area contributed by atoms with Crippen LogP contribution in [0.2, 0.25) is 0 Å². The normalized spacial score (nSPS) is 16.9. The number of nitrogens with two attached hydrogens (primary N) is 1. The number of nitrogen functional groups attached to an aromatic ring is 1. The molecule has 2 aromatic rings. The Labute approximate surface area is 142 Å². The van der Waals surface area contributed by atoms with E-state index in [4.69, 9.17) is 5.73 Å². The number of carbonyl (C=O) groups excluding carboxylic acids is 1. The summed E-state index contributed by atoms with van der Waals surface area (Å²) in [5.74, 6) is 0.283. The van der Waals surface area contributed by atoms with E-state index in [1.54, 1.807) is 0 Å². The molecule has 3 rings (SSSR count). The first-order valence-electron chi connectivity index (χ1n) is 7.82. The molecule has 23 heavy (non-hydrogen) atoms. The molecule has 0 saturated carbocycles. The van der Waals surface area contributed by atoms with Crippen molar-refractivity contribution >= 4 is 34.8 Å². The number of halogens is 1. The zero-order chi connectivity index (χ0) is 15.7. The number of hydrogen-bond donors (Lipinski definition) is 2. The van der Waals surface area contributed by atoms with E-state index in [0.29, 0.717) is 24.3 Å². The number of aliphatic hydroxyl groups is 1. The Kier molecular flexibility index (Phi) is 5.50. The fourth-order valence-electron chi connectivity index (χ4n) is 3.20. The third-order valence-corrected chi connectivity index (χ3v) is 4.66. The van der Waals surface area contributed by atoms with Crippen LogP contribution < -0.4 is 5.73 Å². The summed E-state index contributed by atoms with van der Waals surface area (Å²) in [5, 5.41) is 11.7. The molecule has 0 bridgehead atoms.